The maximum Gasteiger partial charge on any atom is 0.274 e. The zero-order chi connectivity index (χ0) is 14.0. The normalized spacial score (nSPS) is 13.8. The maximum atomic E-state index is 12.8. The van der Waals surface area contributed by atoms with Gasteiger partial charge in [0.2, 0.25) is 0 Å². The second kappa shape index (κ2) is 5.15. The highest BCUT2D eigenvalue weighted by atomic mass is 31.2. The largest absolute Gasteiger partial charge is 0.439 e. The van der Waals surface area contributed by atoms with Crippen LogP contribution in [0.2, 0.25) is 0 Å². The fourth-order valence-electron chi connectivity index (χ4n) is 2.21. The Morgan fingerprint density at radius 3 is 2.25 bits per heavy atom. The second-order valence-corrected chi connectivity index (χ2v) is 7.14. The molecule has 100 valence electrons. The van der Waals surface area contributed by atoms with Crippen LogP contribution >= 0.6 is 7.37 Å². The number of rotatable bonds is 3. The third kappa shape index (κ3) is 2.48. The van der Waals surface area contributed by atoms with Gasteiger partial charge in [-0.1, -0.05) is 54.6 Å². The first-order valence-electron chi connectivity index (χ1n) is 6.47. The van der Waals surface area contributed by atoms with Crippen molar-refractivity contribution in [2.24, 2.45) is 0 Å². The molecule has 0 fully saturated rings. The van der Waals surface area contributed by atoms with Crippen molar-refractivity contribution in [3.05, 3.63) is 72.8 Å². The molecule has 0 saturated heterocycles. The van der Waals surface area contributed by atoms with E-state index in [-0.39, 0.29) is 0 Å². The van der Waals surface area contributed by atoms with Gasteiger partial charge in [-0.15, -0.1) is 0 Å². The van der Waals surface area contributed by atoms with E-state index in [9.17, 15) is 4.57 Å². The minimum absolute atomic E-state index is 0.665. The van der Waals surface area contributed by atoms with Crippen LogP contribution in [0.1, 0.15) is 0 Å². The van der Waals surface area contributed by atoms with Gasteiger partial charge in [-0.05, 0) is 23.6 Å². The lowest BCUT2D eigenvalue weighted by Gasteiger charge is -2.17. The van der Waals surface area contributed by atoms with Gasteiger partial charge in [-0.3, -0.25) is 4.57 Å². The zero-order valence-electron chi connectivity index (χ0n) is 11.2. The Labute approximate surface area is 118 Å². The van der Waals surface area contributed by atoms with Crippen molar-refractivity contribution in [3.8, 4) is 5.75 Å². The molecule has 0 aromatic heterocycles. The fourth-order valence-corrected chi connectivity index (χ4v) is 3.57. The Balaban J connectivity index is 2.03. The molecule has 0 radical (unpaired) electrons. The zero-order valence-corrected chi connectivity index (χ0v) is 12.1. The Hall–Kier alpha value is -2.05. The van der Waals surface area contributed by atoms with Crippen molar-refractivity contribution in [1.29, 1.82) is 0 Å². The summed E-state index contributed by atoms with van der Waals surface area (Å²) in [5.74, 6) is 0.665. The molecule has 0 heterocycles. The van der Waals surface area contributed by atoms with E-state index >= 15 is 0 Å². The Morgan fingerprint density at radius 1 is 0.800 bits per heavy atom. The van der Waals surface area contributed by atoms with Crippen LogP contribution in [0.3, 0.4) is 0 Å². The van der Waals surface area contributed by atoms with E-state index in [1.165, 1.54) is 0 Å². The predicted molar refractivity (Wildman–Crippen MR) is 84.2 cm³/mol. The third-order valence-electron chi connectivity index (χ3n) is 3.25. The summed E-state index contributed by atoms with van der Waals surface area (Å²) in [6.45, 7) is 1.66. The Kier molecular flexibility index (Phi) is 3.33. The highest BCUT2D eigenvalue weighted by Gasteiger charge is 2.21. The van der Waals surface area contributed by atoms with E-state index in [1.54, 1.807) is 6.66 Å². The van der Waals surface area contributed by atoms with Gasteiger partial charge < -0.3 is 4.52 Å². The minimum atomic E-state index is -2.87. The lowest BCUT2D eigenvalue weighted by atomic mass is 10.1. The van der Waals surface area contributed by atoms with Gasteiger partial charge in [0.15, 0.2) is 0 Å². The summed E-state index contributed by atoms with van der Waals surface area (Å²) in [6.07, 6.45) is 0. The van der Waals surface area contributed by atoms with Gasteiger partial charge in [0.25, 0.3) is 7.37 Å². The molecule has 20 heavy (non-hydrogen) atoms. The summed E-state index contributed by atoms with van der Waals surface area (Å²) in [5, 5.41) is 2.79. The Morgan fingerprint density at radius 2 is 1.45 bits per heavy atom. The van der Waals surface area contributed by atoms with E-state index in [4.69, 9.17) is 4.52 Å². The lowest BCUT2D eigenvalue weighted by Crippen LogP contribution is -2.08. The van der Waals surface area contributed by atoms with Gasteiger partial charge in [-0.25, -0.2) is 0 Å². The average Bonchev–Trinajstić information content (AvgIpc) is 2.48. The van der Waals surface area contributed by atoms with Gasteiger partial charge in [0.05, 0.1) is 0 Å². The molecule has 3 aromatic rings. The van der Waals surface area contributed by atoms with Gasteiger partial charge in [-0.2, -0.15) is 0 Å². The van der Waals surface area contributed by atoms with E-state index in [0.717, 1.165) is 16.1 Å². The third-order valence-corrected chi connectivity index (χ3v) is 5.03. The molecular weight excluding hydrogens is 267 g/mol. The van der Waals surface area contributed by atoms with Crippen molar-refractivity contribution in [2.75, 3.05) is 6.66 Å². The fraction of sp³-hybridized carbons (Fsp3) is 0.0588. The smallest absolute Gasteiger partial charge is 0.274 e. The molecular formula is C17H15O2P. The predicted octanol–water partition coefficient (Wildman–Crippen LogP) is 4.45. The molecule has 0 aliphatic rings. The molecule has 0 spiro atoms. The molecule has 0 saturated carbocycles. The van der Waals surface area contributed by atoms with Crippen LogP contribution < -0.4 is 9.83 Å². The van der Waals surface area contributed by atoms with Crippen LogP contribution in [0, 0.1) is 0 Å². The van der Waals surface area contributed by atoms with Crippen LogP contribution in [-0.2, 0) is 4.57 Å². The average molecular weight is 282 g/mol. The molecule has 3 rings (SSSR count). The van der Waals surface area contributed by atoms with Gasteiger partial charge in [0, 0.05) is 17.4 Å². The molecule has 1 atom stereocenters. The van der Waals surface area contributed by atoms with Crippen molar-refractivity contribution < 1.29 is 9.09 Å². The van der Waals surface area contributed by atoms with Crippen LogP contribution in [0.4, 0.5) is 0 Å². The summed E-state index contributed by atoms with van der Waals surface area (Å²) in [7, 11) is -2.87. The molecule has 0 aliphatic heterocycles. The van der Waals surface area contributed by atoms with Gasteiger partial charge in [0.1, 0.15) is 5.75 Å². The molecule has 0 amide bonds. The quantitative estimate of drug-likeness (QED) is 0.663. The van der Waals surface area contributed by atoms with Crippen molar-refractivity contribution in [1.82, 2.24) is 0 Å². The first-order valence-corrected chi connectivity index (χ1v) is 8.54. The maximum absolute atomic E-state index is 12.8. The summed E-state index contributed by atoms with van der Waals surface area (Å²) < 4.78 is 18.7. The molecule has 0 aliphatic carbocycles. The number of hydrogen-bond acceptors (Lipinski definition) is 2. The molecule has 2 nitrogen and oxygen atoms in total. The topological polar surface area (TPSA) is 26.3 Å². The Bertz CT molecular complexity index is 776. The summed E-state index contributed by atoms with van der Waals surface area (Å²) in [6, 6.07) is 23.1. The highest BCUT2D eigenvalue weighted by Crippen LogP contribution is 2.44. The SMILES string of the molecule is CP(=O)(Oc1cccc2ccccc12)c1ccccc1. The standard InChI is InChI=1S/C17H15O2P/c1-20(18,15-10-3-2-4-11-15)19-17-13-7-9-14-8-5-6-12-16(14)17/h2-13H,1H3. The van der Waals surface area contributed by atoms with E-state index in [1.807, 2.05) is 72.8 Å². The van der Waals surface area contributed by atoms with Crippen LogP contribution in [0.25, 0.3) is 10.8 Å². The van der Waals surface area contributed by atoms with E-state index in [0.29, 0.717) is 5.75 Å². The molecule has 1 unspecified atom stereocenters. The van der Waals surface area contributed by atoms with Crippen molar-refractivity contribution in [2.45, 2.75) is 0 Å². The highest BCUT2D eigenvalue weighted by molar-refractivity contribution is 7.66. The van der Waals surface area contributed by atoms with Gasteiger partial charge >= 0.3 is 0 Å². The lowest BCUT2D eigenvalue weighted by molar-refractivity contribution is 0.501. The molecule has 0 bridgehead atoms. The molecule has 3 heteroatoms. The van der Waals surface area contributed by atoms with Crippen molar-refractivity contribution in [3.63, 3.8) is 0 Å². The van der Waals surface area contributed by atoms with E-state index in [2.05, 4.69) is 0 Å². The van der Waals surface area contributed by atoms with Crippen LogP contribution in [0.15, 0.2) is 72.8 Å². The minimum Gasteiger partial charge on any atom is -0.439 e. The first kappa shape index (κ1) is 13.0. The second-order valence-electron chi connectivity index (χ2n) is 4.75. The number of hydrogen-bond donors (Lipinski definition) is 0. The van der Waals surface area contributed by atoms with E-state index < -0.39 is 7.37 Å². The van der Waals surface area contributed by atoms with Crippen molar-refractivity contribution >= 4 is 23.4 Å². The number of fused-ring (bicyclic) bond motifs is 1. The number of benzene rings is 3. The summed E-state index contributed by atoms with van der Waals surface area (Å²) in [4.78, 5) is 0. The van der Waals surface area contributed by atoms with Crippen LogP contribution in [0.5, 0.6) is 5.75 Å². The van der Waals surface area contributed by atoms with Crippen LogP contribution in [-0.4, -0.2) is 6.66 Å². The summed E-state index contributed by atoms with van der Waals surface area (Å²) in [5.41, 5.74) is 0. The summed E-state index contributed by atoms with van der Waals surface area (Å²) >= 11 is 0. The molecule has 3 aromatic carbocycles. The first-order chi connectivity index (χ1) is 9.67. The molecule has 0 N–H and O–H groups in total. The monoisotopic (exact) mass is 282 g/mol.